The van der Waals surface area contributed by atoms with Crippen molar-refractivity contribution < 1.29 is 9.53 Å². The van der Waals surface area contributed by atoms with Gasteiger partial charge >= 0.3 is 0 Å². The Labute approximate surface area is 120 Å². The predicted molar refractivity (Wildman–Crippen MR) is 77.4 cm³/mol. The number of hydrogen-bond donors (Lipinski definition) is 2. The van der Waals surface area contributed by atoms with Gasteiger partial charge in [0, 0.05) is 24.3 Å². The topological polar surface area (TPSA) is 67.0 Å². The molecule has 1 amide bonds. The Hall–Kier alpha value is -1.36. The Morgan fingerprint density at radius 1 is 1.55 bits per heavy atom. The molecule has 112 valence electrons. The average molecular weight is 279 g/mol. The number of amides is 1. The minimum Gasteiger partial charge on any atom is -0.381 e. The first kappa shape index (κ1) is 15.0. The van der Waals surface area contributed by atoms with Crippen molar-refractivity contribution in [2.24, 2.45) is 5.41 Å². The van der Waals surface area contributed by atoms with Gasteiger partial charge in [0.15, 0.2) is 0 Å². The van der Waals surface area contributed by atoms with Gasteiger partial charge in [0.2, 0.25) is 5.91 Å². The van der Waals surface area contributed by atoms with E-state index in [1.807, 2.05) is 13.0 Å². The summed E-state index contributed by atoms with van der Waals surface area (Å²) < 4.78 is 5.55. The number of hydrogen-bond acceptors (Lipinski definition) is 3. The van der Waals surface area contributed by atoms with E-state index >= 15 is 0 Å². The third-order valence-electron chi connectivity index (χ3n) is 4.82. The van der Waals surface area contributed by atoms with Crippen LogP contribution in [0.4, 0.5) is 0 Å². The molecule has 1 aromatic heterocycles. The number of rotatable bonds is 6. The van der Waals surface area contributed by atoms with Gasteiger partial charge < -0.3 is 10.1 Å². The van der Waals surface area contributed by atoms with Gasteiger partial charge in [0.1, 0.15) is 0 Å². The second-order valence-electron chi connectivity index (χ2n) is 5.74. The zero-order valence-corrected chi connectivity index (χ0v) is 12.8. The lowest BCUT2D eigenvalue weighted by atomic mass is 9.58. The van der Waals surface area contributed by atoms with E-state index in [4.69, 9.17) is 4.74 Å². The van der Waals surface area contributed by atoms with Crippen LogP contribution in [-0.4, -0.2) is 35.4 Å². The predicted octanol–water partition coefficient (Wildman–Crippen LogP) is 1.97. The van der Waals surface area contributed by atoms with Crippen molar-refractivity contribution in [1.82, 2.24) is 15.5 Å². The average Bonchev–Trinajstić information content (AvgIpc) is 2.81. The summed E-state index contributed by atoms with van der Waals surface area (Å²) in [4.78, 5) is 12.1. The summed E-state index contributed by atoms with van der Waals surface area (Å²) in [6, 6.07) is 2.13. The van der Waals surface area contributed by atoms with Gasteiger partial charge in [0.05, 0.1) is 18.2 Å². The van der Waals surface area contributed by atoms with Crippen LogP contribution in [0.2, 0.25) is 0 Å². The molecule has 0 radical (unpaired) electrons. The highest BCUT2D eigenvalue weighted by atomic mass is 16.5. The van der Waals surface area contributed by atoms with Gasteiger partial charge in [0.25, 0.3) is 0 Å². The number of ether oxygens (including phenoxy) is 1. The molecule has 1 aromatic rings. The molecular formula is C15H25N3O2. The zero-order chi connectivity index (χ0) is 14.8. The van der Waals surface area contributed by atoms with Crippen molar-refractivity contribution in [3.05, 3.63) is 17.5 Å². The van der Waals surface area contributed by atoms with Crippen molar-refractivity contribution in [2.75, 3.05) is 7.11 Å². The fourth-order valence-corrected chi connectivity index (χ4v) is 3.45. The van der Waals surface area contributed by atoms with E-state index in [-0.39, 0.29) is 23.5 Å². The largest absolute Gasteiger partial charge is 0.381 e. The van der Waals surface area contributed by atoms with Crippen LogP contribution in [0.15, 0.2) is 6.07 Å². The molecular weight excluding hydrogens is 254 g/mol. The standard InChI is InChI=1S/C15H25N3O2/c1-5-15(6-2)12(9-13(15)20-4)16-14(19)8-11-7-10(3)17-18-11/h7,12-13H,5-6,8-9H2,1-4H3,(H,16,19)(H,17,18)/t12-,13-/m1/s1. The van der Waals surface area contributed by atoms with Gasteiger partial charge in [-0.15, -0.1) is 0 Å². The van der Waals surface area contributed by atoms with E-state index in [1.54, 1.807) is 7.11 Å². The highest BCUT2D eigenvalue weighted by Gasteiger charge is 2.53. The Bertz CT molecular complexity index is 465. The van der Waals surface area contributed by atoms with E-state index in [2.05, 4.69) is 29.4 Å². The Kier molecular flexibility index (Phi) is 4.48. The number of H-pyrrole nitrogens is 1. The highest BCUT2D eigenvalue weighted by molar-refractivity contribution is 5.78. The van der Waals surface area contributed by atoms with E-state index in [9.17, 15) is 4.79 Å². The van der Waals surface area contributed by atoms with Crippen molar-refractivity contribution in [1.29, 1.82) is 0 Å². The molecule has 0 aliphatic heterocycles. The van der Waals surface area contributed by atoms with Gasteiger partial charge in [-0.05, 0) is 32.3 Å². The second-order valence-corrected chi connectivity index (χ2v) is 5.74. The molecule has 1 saturated carbocycles. The number of nitrogens with zero attached hydrogens (tertiary/aromatic N) is 1. The van der Waals surface area contributed by atoms with Crippen molar-refractivity contribution in [3.63, 3.8) is 0 Å². The van der Waals surface area contributed by atoms with E-state index in [0.29, 0.717) is 6.42 Å². The second kappa shape index (κ2) is 5.95. The van der Waals surface area contributed by atoms with Gasteiger partial charge in [-0.3, -0.25) is 9.89 Å². The van der Waals surface area contributed by atoms with Crippen LogP contribution in [-0.2, 0) is 16.0 Å². The number of aryl methyl sites for hydroxylation is 1. The van der Waals surface area contributed by atoms with E-state index in [0.717, 1.165) is 30.7 Å². The molecule has 2 N–H and O–H groups in total. The maximum absolute atomic E-state index is 12.1. The molecule has 0 unspecified atom stereocenters. The number of aromatic nitrogens is 2. The smallest absolute Gasteiger partial charge is 0.226 e. The number of carbonyl (C=O) groups excluding carboxylic acids is 1. The Balaban J connectivity index is 1.94. The number of nitrogens with one attached hydrogen (secondary N) is 2. The minimum absolute atomic E-state index is 0.0438. The van der Waals surface area contributed by atoms with Crippen molar-refractivity contribution in [2.45, 2.75) is 58.6 Å². The number of methoxy groups -OCH3 is 1. The molecule has 0 aromatic carbocycles. The molecule has 1 aliphatic rings. The molecule has 1 heterocycles. The monoisotopic (exact) mass is 279 g/mol. The van der Waals surface area contributed by atoms with Crippen LogP contribution in [0, 0.1) is 12.3 Å². The normalized spacial score (nSPS) is 24.2. The SMILES string of the molecule is CCC1(CC)[C@H](NC(=O)Cc2cc(C)[nH]n2)C[C@H]1OC. The first-order valence-electron chi connectivity index (χ1n) is 7.38. The maximum Gasteiger partial charge on any atom is 0.226 e. The summed E-state index contributed by atoms with van der Waals surface area (Å²) in [7, 11) is 1.76. The van der Waals surface area contributed by atoms with Gasteiger partial charge in [-0.25, -0.2) is 0 Å². The van der Waals surface area contributed by atoms with Gasteiger partial charge in [-0.1, -0.05) is 13.8 Å². The fraction of sp³-hybridized carbons (Fsp3) is 0.733. The summed E-state index contributed by atoms with van der Waals surface area (Å²) in [6.45, 7) is 6.28. The van der Waals surface area contributed by atoms with Crippen molar-refractivity contribution in [3.8, 4) is 0 Å². The lowest BCUT2D eigenvalue weighted by molar-refractivity contribution is -0.140. The molecule has 1 aliphatic carbocycles. The Morgan fingerprint density at radius 2 is 2.25 bits per heavy atom. The summed E-state index contributed by atoms with van der Waals surface area (Å²) in [5.41, 5.74) is 1.86. The van der Waals surface area contributed by atoms with Crippen molar-refractivity contribution >= 4 is 5.91 Å². The molecule has 1 fully saturated rings. The van der Waals surface area contributed by atoms with E-state index in [1.165, 1.54) is 0 Å². The number of carbonyl (C=O) groups is 1. The minimum atomic E-state index is 0.0438. The highest BCUT2D eigenvalue weighted by Crippen LogP contribution is 2.48. The van der Waals surface area contributed by atoms with Crippen LogP contribution in [0.1, 0.15) is 44.5 Å². The third kappa shape index (κ3) is 2.59. The lowest BCUT2D eigenvalue weighted by Crippen LogP contribution is -2.64. The molecule has 5 heteroatoms. The molecule has 2 atom stereocenters. The Morgan fingerprint density at radius 3 is 2.75 bits per heavy atom. The third-order valence-corrected chi connectivity index (χ3v) is 4.82. The van der Waals surface area contributed by atoms with Crippen LogP contribution in [0.5, 0.6) is 0 Å². The molecule has 5 nitrogen and oxygen atoms in total. The molecule has 2 rings (SSSR count). The van der Waals surface area contributed by atoms with E-state index < -0.39 is 0 Å². The van der Waals surface area contributed by atoms with Crippen LogP contribution in [0.3, 0.4) is 0 Å². The summed E-state index contributed by atoms with van der Waals surface area (Å²) >= 11 is 0. The number of aromatic amines is 1. The molecule has 0 saturated heterocycles. The fourth-order valence-electron chi connectivity index (χ4n) is 3.45. The van der Waals surface area contributed by atoms with Crippen LogP contribution < -0.4 is 5.32 Å². The first-order valence-corrected chi connectivity index (χ1v) is 7.38. The summed E-state index contributed by atoms with van der Waals surface area (Å²) in [5.74, 6) is 0.0438. The lowest BCUT2D eigenvalue weighted by Gasteiger charge is -2.55. The first-order chi connectivity index (χ1) is 9.55. The van der Waals surface area contributed by atoms with Crippen LogP contribution in [0.25, 0.3) is 0 Å². The van der Waals surface area contributed by atoms with Crippen LogP contribution >= 0.6 is 0 Å². The molecule has 20 heavy (non-hydrogen) atoms. The molecule has 0 bridgehead atoms. The molecule has 0 spiro atoms. The quantitative estimate of drug-likeness (QED) is 0.836. The summed E-state index contributed by atoms with van der Waals surface area (Å²) in [5, 5.41) is 10.1. The van der Waals surface area contributed by atoms with Gasteiger partial charge in [-0.2, -0.15) is 5.10 Å². The summed E-state index contributed by atoms with van der Waals surface area (Å²) in [6.07, 6.45) is 3.55. The zero-order valence-electron chi connectivity index (χ0n) is 12.8. The maximum atomic E-state index is 12.1.